The van der Waals surface area contributed by atoms with Gasteiger partial charge in [0.05, 0.1) is 32.4 Å². The third kappa shape index (κ3) is 4.28. The molecule has 1 atom stereocenters. The van der Waals surface area contributed by atoms with Crippen molar-refractivity contribution in [2.75, 3.05) is 14.2 Å². The maximum absolute atomic E-state index is 12.5. The quantitative estimate of drug-likeness (QED) is 0.790. The van der Waals surface area contributed by atoms with Crippen LogP contribution in [0.4, 0.5) is 0 Å². The summed E-state index contributed by atoms with van der Waals surface area (Å²) < 4.78 is 11.9. The summed E-state index contributed by atoms with van der Waals surface area (Å²) in [5, 5.41) is 16.1. The van der Waals surface area contributed by atoms with Crippen LogP contribution >= 0.6 is 0 Å². The molecule has 1 heterocycles. The summed E-state index contributed by atoms with van der Waals surface area (Å²) in [6.07, 6.45) is -0.266. The number of aromatic nitrogens is 2. The van der Waals surface area contributed by atoms with Gasteiger partial charge in [0.25, 0.3) is 5.91 Å². The van der Waals surface area contributed by atoms with Gasteiger partial charge in [0, 0.05) is 7.05 Å². The number of methoxy groups -OCH3 is 2. The van der Waals surface area contributed by atoms with Crippen LogP contribution in [-0.4, -0.2) is 41.0 Å². The second kappa shape index (κ2) is 7.69. The average Bonchev–Trinajstić information content (AvgIpc) is 2.91. The van der Waals surface area contributed by atoms with Crippen LogP contribution in [0, 0.1) is 6.92 Å². The molecule has 0 radical (unpaired) electrons. The van der Waals surface area contributed by atoms with Crippen molar-refractivity contribution in [2.24, 2.45) is 7.05 Å². The Labute approximate surface area is 145 Å². The molecule has 1 unspecified atom stereocenters. The van der Waals surface area contributed by atoms with Gasteiger partial charge in [-0.15, -0.1) is 0 Å². The number of carbonyl (C=O) groups excluding carboxylic acids is 1. The van der Waals surface area contributed by atoms with Gasteiger partial charge in [-0.3, -0.25) is 14.3 Å². The van der Waals surface area contributed by atoms with Gasteiger partial charge in [0.1, 0.15) is 5.69 Å². The molecule has 25 heavy (non-hydrogen) atoms. The van der Waals surface area contributed by atoms with Crippen LogP contribution in [0.2, 0.25) is 0 Å². The fourth-order valence-corrected chi connectivity index (χ4v) is 2.55. The SMILES string of the molecule is COc1ccc(C(CC(=O)O)NC(=O)c2cc(C)nn2C)cc1OC. The summed E-state index contributed by atoms with van der Waals surface area (Å²) in [7, 11) is 4.66. The van der Waals surface area contributed by atoms with E-state index in [9.17, 15) is 14.7 Å². The molecular formula is C17H21N3O5. The first-order chi connectivity index (χ1) is 11.8. The van der Waals surface area contributed by atoms with E-state index in [4.69, 9.17) is 9.47 Å². The van der Waals surface area contributed by atoms with E-state index >= 15 is 0 Å². The largest absolute Gasteiger partial charge is 0.493 e. The maximum atomic E-state index is 12.5. The van der Waals surface area contributed by atoms with Crippen LogP contribution in [0.1, 0.15) is 34.2 Å². The van der Waals surface area contributed by atoms with Gasteiger partial charge in [0.2, 0.25) is 0 Å². The van der Waals surface area contributed by atoms with E-state index in [1.807, 2.05) is 0 Å². The van der Waals surface area contributed by atoms with Crippen molar-refractivity contribution >= 4 is 11.9 Å². The molecule has 0 bridgehead atoms. The van der Waals surface area contributed by atoms with Gasteiger partial charge in [-0.25, -0.2) is 0 Å². The molecule has 8 nitrogen and oxygen atoms in total. The maximum Gasteiger partial charge on any atom is 0.305 e. The fraction of sp³-hybridized carbons (Fsp3) is 0.353. The number of rotatable bonds is 7. The number of nitrogens with zero attached hydrogens (tertiary/aromatic N) is 2. The number of nitrogens with one attached hydrogen (secondary N) is 1. The third-order valence-corrected chi connectivity index (χ3v) is 3.73. The van der Waals surface area contributed by atoms with Crippen LogP contribution in [-0.2, 0) is 11.8 Å². The standard InChI is InChI=1S/C17H21N3O5/c1-10-7-13(20(2)19-10)17(23)18-12(9-16(21)22)11-5-6-14(24-3)15(8-11)25-4/h5-8,12H,9H2,1-4H3,(H,18,23)(H,21,22). The summed E-state index contributed by atoms with van der Waals surface area (Å²) in [6.45, 7) is 1.78. The molecule has 0 saturated carbocycles. The zero-order valence-electron chi connectivity index (χ0n) is 14.6. The molecule has 1 aromatic carbocycles. The second-order valence-corrected chi connectivity index (χ2v) is 5.53. The smallest absolute Gasteiger partial charge is 0.305 e. The minimum absolute atomic E-state index is 0.266. The minimum atomic E-state index is -1.03. The first-order valence-corrected chi connectivity index (χ1v) is 7.61. The first-order valence-electron chi connectivity index (χ1n) is 7.61. The summed E-state index contributed by atoms with van der Waals surface area (Å²) in [5.41, 5.74) is 1.66. The monoisotopic (exact) mass is 347 g/mol. The number of benzene rings is 1. The first kappa shape index (κ1) is 18.3. The van der Waals surface area contributed by atoms with E-state index in [1.54, 1.807) is 38.2 Å². The molecule has 0 aliphatic rings. The van der Waals surface area contributed by atoms with E-state index in [2.05, 4.69) is 10.4 Å². The minimum Gasteiger partial charge on any atom is -0.493 e. The highest BCUT2D eigenvalue weighted by Crippen LogP contribution is 2.31. The lowest BCUT2D eigenvalue weighted by Gasteiger charge is -2.19. The molecule has 0 spiro atoms. The van der Waals surface area contributed by atoms with Crippen molar-refractivity contribution in [1.29, 1.82) is 0 Å². The summed E-state index contributed by atoms with van der Waals surface area (Å²) in [6, 6.07) is 5.94. The van der Waals surface area contributed by atoms with Gasteiger partial charge in [-0.1, -0.05) is 6.07 Å². The number of aryl methyl sites for hydroxylation is 2. The Kier molecular flexibility index (Phi) is 5.63. The molecular weight excluding hydrogens is 326 g/mol. The highest BCUT2D eigenvalue weighted by atomic mass is 16.5. The van der Waals surface area contributed by atoms with E-state index < -0.39 is 17.9 Å². The Hall–Kier alpha value is -3.03. The van der Waals surface area contributed by atoms with Crippen LogP contribution in [0.25, 0.3) is 0 Å². The molecule has 2 rings (SSSR count). The van der Waals surface area contributed by atoms with Crippen molar-refractivity contribution < 1.29 is 24.2 Å². The van der Waals surface area contributed by atoms with Gasteiger partial charge in [0.15, 0.2) is 11.5 Å². The molecule has 2 aromatic rings. The van der Waals surface area contributed by atoms with Crippen LogP contribution in [0.15, 0.2) is 24.3 Å². The number of aliphatic carboxylic acids is 1. The van der Waals surface area contributed by atoms with E-state index in [0.717, 1.165) is 0 Å². The van der Waals surface area contributed by atoms with Crippen LogP contribution in [0.3, 0.4) is 0 Å². The van der Waals surface area contributed by atoms with Crippen LogP contribution in [0.5, 0.6) is 11.5 Å². The van der Waals surface area contributed by atoms with Gasteiger partial charge >= 0.3 is 5.97 Å². The molecule has 1 amide bonds. The second-order valence-electron chi connectivity index (χ2n) is 5.53. The highest BCUT2D eigenvalue weighted by molar-refractivity contribution is 5.93. The molecule has 134 valence electrons. The van der Waals surface area contributed by atoms with Crippen molar-refractivity contribution in [2.45, 2.75) is 19.4 Å². The number of ether oxygens (including phenoxy) is 2. The average molecular weight is 347 g/mol. The molecule has 0 aliphatic carbocycles. The number of hydrogen-bond donors (Lipinski definition) is 2. The lowest BCUT2D eigenvalue weighted by Crippen LogP contribution is -2.31. The molecule has 2 N–H and O–H groups in total. The van der Waals surface area contributed by atoms with E-state index in [1.165, 1.54) is 18.9 Å². The lowest BCUT2D eigenvalue weighted by atomic mass is 10.0. The zero-order chi connectivity index (χ0) is 18.6. The predicted molar refractivity (Wildman–Crippen MR) is 90.0 cm³/mol. The Morgan fingerprint density at radius 1 is 1.24 bits per heavy atom. The van der Waals surface area contributed by atoms with Crippen LogP contribution < -0.4 is 14.8 Å². The zero-order valence-corrected chi connectivity index (χ0v) is 14.6. The van der Waals surface area contributed by atoms with Crippen molar-refractivity contribution in [1.82, 2.24) is 15.1 Å². The Bertz CT molecular complexity index is 785. The van der Waals surface area contributed by atoms with E-state index in [0.29, 0.717) is 28.5 Å². The Morgan fingerprint density at radius 2 is 1.92 bits per heavy atom. The number of amides is 1. The van der Waals surface area contributed by atoms with Crippen molar-refractivity contribution in [3.8, 4) is 11.5 Å². The number of carboxylic acid groups (broad SMARTS) is 1. The summed E-state index contributed by atoms with van der Waals surface area (Å²) >= 11 is 0. The molecule has 1 aromatic heterocycles. The topological polar surface area (TPSA) is 103 Å². The number of carbonyl (C=O) groups is 2. The molecule has 8 heteroatoms. The summed E-state index contributed by atoms with van der Waals surface area (Å²) in [4.78, 5) is 23.7. The van der Waals surface area contributed by atoms with E-state index in [-0.39, 0.29) is 6.42 Å². The predicted octanol–water partition coefficient (Wildman–Crippen LogP) is 1.69. The Morgan fingerprint density at radius 3 is 2.44 bits per heavy atom. The Balaban J connectivity index is 2.31. The lowest BCUT2D eigenvalue weighted by molar-refractivity contribution is -0.137. The normalized spacial score (nSPS) is 11.7. The van der Waals surface area contributed by atoms with Gasteiger partial charge in [-0.05, 0) is 30.7 Å². The highest BCUT2D eigenvalue weighted by Gasteiger charge is 2.22. The molecule has 0 saturated heterocycles. The fourth-order valence-electron chi connectivity index (χ4n) is 2.55. The molecule has 0 aliphatic heterocycles. The third-order valence-electron chi connectivity index (χ3n) is 3.73. The van der Waals surface area contributed by atoms with Crippen molar-refractivity contribution in [3.05, 3.63) is 41.2 Å². The van der Waals surface area contributed by atoms with Crippen molar-refractivity contribution in [3.63, 3.8) is 0 Å². The molecule has 0 fully saturated rings. The summed E-state index contributed by atoms with van der Waals surface area (Å²) in [5.74, 6) is -0.444. The number of hydrogen-bond acceptors (Lipinski definition) is 5. The number of carboxylic acids is 1. The van der Waals surface area contributed by atoms with Gasteiger partial charge < -0.3 is 19.9 Å². The van der Waals surface area contributed by atoms with Gasteiger partial charge in [-0.2, -0.15) is 5.10 Å².